The fourth-order valence-corrected chi connectivity index (χ4v) is 6.63. The van der Waals surface area contributed by atoms with E-state index in [1.54, 1.807) is 0 Å². The molecule has 3 aromatic rings. The first-order valence-corrected chi connectivity index (χ1v) is 14.8. The van der Waals surface area contributed by atoms with Crippen molar-refractivity contribution in [1.29, 1.82) is 0 Å². The molecule has 1 unspecified atom stereocenters. The second-order valence-corrected chi connectivity index (χ2v) is 13.2. The molecule has 0 bridgehead atoms. The average molecular weight is 528 g/mol. The van der Waals surface area contributed by atoms with E-state index < -0.39 is 6.10 Å². The lowest BCUT2D eigenvalue weighted by Gasteiger charge is -2.42. The summed E-state index contributed by atoms with van der Waals surface area (Å²) in [4.78, 5) is 15.7. The molecular formula is C35H45NO3. The van der Waals surface area contributed by atoms with E-state index in [4.69, 9.17) is 4.42 Å². The number of fused-ring (bicyclic) bond motifs is 1. The third kappa shape index (κ3) is 5.87. The summed E-state index contributed by atoms with van der Waals surface area (Å²) in [6.45, 7) is 11.9. The maximum atomic E-state index is 13.8. The van der Waals surface area contributed by atoms with Gasteiger partial charge in [-0.15, -0.1) is 0 Å². The monoisotopic (exact) mass is 527 g/mol. The minimum atomic E-state index is -0.725. The number of aryl methyl sites for hydroxylation is 1. The molecule has 4 heteroatoms. The zero-order valence-electron chi connectivity index (χ0n) is 24.4. The van der Waals surface area contributed by atoms with Crippen LogP contribution in [0.2, 0.25) is 0 Å². The summed E-state index contributed by atoms with van der Waals surface area (Å²) in [6.07, 6.45) is 7.71. The number of rotatable bonds is 7. The molecule has 39 heavy (non-hydrogen) atoms. The van der Waals surface area contributed by atoms with Gasteiger partial charge in [0.1, 0.15) is 5.76 Å². The second-order valence-electron chi connectivity index (χ2n) is 13.2. The summed E-state index contributed by atoms with van der Waals surface area (Å²) in [7, 11) is 0. The Hall–Kier alpha value is -2.85. The molecule has 0 radical (unpaired) electrons. The van der Waals surface area contributed by atoms with Crippen LogP contribution in [0.5, 0.6) is 0 Å². The Balaban J connectivity index is 1.38. The van der Waals surface area contributed by atoms with Crippen molar-refractivity contribution in [2.75, 3.05) is 6.54 Å². The van der Waals surface area contributed by atoms with E-state index in [-0.39, 0.29) is 29.3 Å². The largest absolute Gasteiger partial charge is 0.456 e. The third-order valence-electron chi connectivity index (χ3n) is 9.38. The number of carbonyl (C=O) groups is 1. The molecule has 0 aliphatic heterocycles. The first-order valence-electron chi connectivity index (χ1n) is 14.8. The van der Waals surface area contributed by atoms with Gasteiger partial charge in [0, 0.05) is 12.5 Å². The summed E-state index contributed by atoms with van der Waals surface area (Å²) in [6, 6.07) is 18.3. The Bertz CT molecular complexity index is 1300. The van der Waals surface area contributed by atoms with Gasteiger partial charge in [-0.3, -0.25) is 4.79 Å². The minimum Gasteiger partial charge on any atom is -0.456 e. The molecular weight excluding hydrogens is 482 g/mol. The Morgan fingerprint density at radius 3 is 2.26 bits per heavy atom. The number of amides is 1. The van der Waals surface area contributed by atoms with Gasteiger partial charge in [0.05, 0.1) is 12.6 Å². The van der Waals surface area contributed by atoms with Crippen LogP contribution in [0, 0.1) is 6.92 Å². The molecule has 0 saturated heterocycles. The van der Waals surface area contributed by atoms with E-state index in [1.807, 2.05) is 47.4 Å². The zero-order valence-corrected chi connectivity index (χ0v) is 24.4. The third-order valence-corrected chi connectivity index (χ3v) is 9.38. The van der Waals surface area contributed by atoms with Crippen molar-refractivity contribution in [2.45, 2.75) is 109 Å². The minimum absolute atomic E-state index is 0.117. The van der Waals surface area contributed by atoms with Gasteiger partial charge < -0.3 is 14.4 Å². The van der Waals surface area contributed by atoms with Gasteiger partial charge >= 0.3 is 0 Å². The lowest BCUT2D eigenvalue weighted by atomic mass is 9.62. The molecule has 1 fully saturated rings. The van der Waals surface area contributed by atoms with Crippen molar-refractivity contribution in [3.63, 3.8) is 0 Å². The first-order chi connectivity index (χ1) is 18.5. The average Bonchev–Trinajstić information content (AvgIpc) is 3.40. The van der Waals surface area contributed by atoms with Gasteiger partial charge in [-0.05, 0) is 83.4 Å². The van der Waals surface area contributed by atoms with E-state index in [0.717, 1.165) is 37.0 Å². The second kappa shape index (κ2) is 11.0. The number of aliphatic hydroxyl groups is 1. The van der Waals surface area contributed by atoms with Crippen LogP contribution in [0.25, 0.3) is 0 Å². The predicted molar refractivity (Wildman–Crippen MR) is 157 cm³/mol. The van der Waals surface area contributed by atoms with Crippen molar-refractivity contribution in [3.8, 4) is 0 Å². The first kappa shape index (κ1) is 27.7. The fraction of sp³-hybridized carbons (Fsp3) is 0.514. The lowest BCUT2D eigenvalue weighted by Crippen LogP contribution is -2.43. The quantitative estimate of drug-likeness (QED) is 0.338. The summed E-state index contributed by atoms with van der Waals surface area (Å²) in [5, 5.41) is 11.0. The zero-order chi connectivity index (χ0) is 27.8. The highest BCUT2D eigenvalue weighted by molar-refractivity contribution is 5.91. The van der Waals surface area contributed by atoms with E-state index in [2.05, 4.69) is 46.8 Å². The van der Waals surface area contributed by atoms with Crippen LogP contribution >= 0.6 is 0 Å². The number of benzene rings is 2. The number of hydrogen-bond acceptors (Lipinski definition) is 3. The number of aliphatic hydroxyl groups excluding tert-OH is 1. The number of nitrogens with zero attached hydrogens (tertiary/aromatic N) is 1. The van der Waals surface area contributed by atoms with Crippen molar-refractivity contribution >= 4 is 5.91 Å². The van der Waals surface area contributed by atoms with E-state index >= 15 is 0 Å². The Kier molecular flexibility index (Phi) is 7.79. The van der Waals surface area contributed by atoms with Gasteiger partial charge in [0.15, 0.2) is 5.76 Å². The van der Waals surface area contributed by atoms with Crippen LogP contribution in [0.1, 0.15) is 123 Å². The summed E-state index contributed by atoms with van der Waals surface area (Å²) >= 11 is 0. The summed E-state index contributed by atoms with van der Waals surface area (Å²) in [5.41, 5.74) is 6.62. The number of furan rings is 1. The molecule has 1 heterocycles. The molecule has 0 spiro atoms. The lowest BCUT2D eigenvalue weighted by molar-refractivity contribution is 0.0425. The van der Waals surface area contributed by atoms with Crippen molar-refractivity contribution in [2.24, 2.45) is 0 Å². The molecule has 1 amide bonds. The fourth-order valence-electron chi connectivity index (χ4n) is 6.63. The molecule has 5 rings (SSSR count). The van der Waals surface area contributed by atoms with Crippen LogP contribution in [0.4, 0.5) is 0 Å². The predicted octanol–water partition coefficient (Wildman–Crippen LogP) is 8.04. The van der Waals surface area contributed by atoms with Crippen LogP contribution in [-0.2, 0) is 17.3 Å². The van der Waals surface area contributed by atoms with Gasteiger partial charge in [0.2, 0.25) is 0 Å². The maximum Gasteiger partial charge on any atom is 0.289 e. The maximum absolute atomic E-state index is 13.8. The molecule has 2 aromatic carbocycles. The molecule has 1 aromatic heterocycles. The number of carbonyl (C=O) groups excluding carboxylic acids is 1. The van der Waals surface area contributed by atoms with Crippen molar-refractivity contribution in [3.05, 3.63) is 93.9 Å². The van der Waals surface area contributed by atoms with E-state index in [1.165, 1.54) is 41.5 Å². The van der Waals surface area contributed by atoms with Crippen LogP contribution in [0.15, 0.2) is 59.0 Å². The van der Waals surface area contributed by atoms with Gasteiger partial charge in [-0.1, -0.05) is 89.4 Å². The topological polar surface area (TPSA) is 53.7 Å². The van der Waals surface area contributed by atoms with Crippen LogP contribution in [0.3, 0.4) is 0 Å². The highest BCUT2D eigenvalue weighted by Gasteiger charge is 2.37. The Labute approximate surface area is 234 Å². The van der Waals surface area contributed by atoms with Gasteiger partial charge in [0.25, 0.3) is 5.91 Å². The Morgan fingerprint density at radius 1 is 0.949 bits per heavy atom. The van der Waals surface area contributed by atoms with Crippen molar-refractivity contribution < 1.29 is 14.3 Å². The van der Waals surface area contributed by atoms with Crippen LogP contribution in [-0.4, -0.2) is 28.5 Å². The smallest absolute Gasteiger partial charge is 0.289 e. The van der Waals surface area contributed by atoms with E-state index in [0.29, 0.717) is 12.2 Å². The standard InChI is InChI=1S/C35H45NO3/c1-24-20-29-30(35(4,5)19-18-34(29,2)3)22-26(24)21-28-16-17-32(39-28)33(38)36(27-14-10-7-11-15-27)23-31(37)25-12-8-6-9-13-25/h6,8-9,12-13,16-17,20,22,27,31,37H,7,10-11,14-15,18-19,21,23H2,1-5H3. The number of hydrogen-bond donors (Lipinski definition) is 1. The summed E-state index contributed by atoms with van der Waals surface area (Å²) in [5.74, 6) is 1.06. The SMILES string of the molecule is Cc1cc2c(cc1Cc1ccc(C(=O)N(CC(O)c3ccccc3)C3CCCCC3)o1)C(C)(C)CCC2(C)C. The van der Waals surface area contributed by atoms with Crippen LogP contribution < -0.4 is 0 Å². The molecule has 1 atom stereocenters. The molecule has 1 saturated carbocycles. The van der Waals surface area contributed by atoms with Gasteiger partial charge in [-0.25, -0.2) is 0 Å². The molecule has 2 aliphatic rings. The molecule has 4 nitrogen and oxygen atoms in total. The van der Waals surface area contributed by atoms with E-state index in [9.17, 15) is 9.90 Å². The normalized spacial score (nSPS) is 19.3. The van der Waals surface area contributed by atoms with Crippen molar-refractivity contribution in [1.82, 2.24) is 4.90 Å². The molecule has 2 aliphatic carbocycles. The Morgan fingerprint density at radius 2 is 1.59 bits per heavy atom. The summed E-state index contributed by atoms with van der Waals surface area (Å²) < 4.78 is 6.23. The molecule has 208 valence electrons. The highest BCUT2D eigenvalue weighted by Crippen LogP contribution is 2.46. The highest BCUT2D eigenvalue weighted by atomic mass is 16.4. The van der Waals surface area contributed by atoms with Gasteiger partial charge in [-0.2, -0.15) is 0 Å². The molecule has 1 N–H and O–H groups in total.